The molecule has 4 nitrogen and oxygen atoms in total. The molecular weight excluding hydrogens is 328 g/mol. The molecule has 1 aromatic heterocycles. The molecule has 2 aromatic rings. The lowest BCUT2D eigenvalue weighted by Crippen LogP contribution is -2.24. The van der Waals surface area contributed by atoms with Crippen molar-refractivity contribution in [3.63, 3.8) is 0 Å². The Bertz CT molecular complexity index is 592. The molecule has 2 rings (SSSR count). The molecule has 0 aliphatic heterocycles. The maximum atomic E-state index is 4.23. The van der Waals surface area contributed by atoms with Crippen LogP contribution in [0.4, 0.5) is 5.69 Å². The summed E-state index contributed by atoms with van der Waals surface area (Å²) in [4.78, 5) is 2.26. The highest BCUT2D eigenvalue weighted by Gasteiger charge is 2.10. The van der Waals surface area contributed by atoms with E-state index >= 15 is 0 Å². The highest BCUT2D eigenvalue weighted by Crippen LogP contribution is 2.25. The van der Waals surface area contributed by atoms with Gasteiger partial charge in [0.05, 0.1) is 6.20 Å². The second-order valence-corrected chi connectivity index (χ2v) is 6.60. The minimum atomic E-state index is 0.473. The lowest BCUT2D eigenvalue weighted by atomic mass is 10.1. The number of hydrogen-bond acceptors (Lipinski definition) is 3. The molecule has 1 aromatic carbocycles. The SMILES string of the molecule is CC(C)NCc1cc(Br)ccc1N(C)Cc1cnn(C)c1. The van der Waals surface area contributed by atoms with Gasteiger partial charge in [0.1, 0.15) is 0 Å². The van der Waals surface area contributed by atoms with Crippen LogP contribution in [-0.2, 0) is 20.1 Å². The Morgan fingerprint density at radius 1 is 1.38 bits per heavy atom. The second kappa shape index (κ2) is 7.09. The van der Waals surface area contributed by atoms with Gasteiger partial charge in [0.15, 0.2) is 0 Å². The topological polar surface area (TPSA) is 33.1 Å². The highest BCUT2D eigenvalue weighted by molar-refractivity contribution is 9.10. The number of rotatable bonds is 6. The van der Waals surface area contributed by atoms with E-state index in [2.05, 4.69) is 76.5 Å². The molecule has 0 radical (unpaired) electrons. The summed E-state index contributed by atoms with van der Waals surface area (Å²) in [6.07, 6.45) is 3.97. The van der Waals surface area contributed by atoms with E-state index in [0.29, 0.717) is 6.04 Å². The van der Waals surface area contributed by atoms with E-state index < -0.39 is 0 Å². The van der Waals surface area contributed by atoms with Gasteiger partial charge in [0.25, 0.3) is 0 Å². The molecule has 0 bridgehead atoms. The standard InChI is InChI=1S/C16H23BrN4/c1-12(2)18-9-14-7-15(17)5-6-16(14)20(3)10-13-8-19-21(4)11-13/h5-8,11-12,18H,9-10H2,1-4H3. The van der Waals surface area contributed by atoms with Crippen LogP contribution in [0.25, 0.3) is 0 Å². The average molecular weight is 351 g/mol. The van der Waals surface area contributed by atoms with E-state index in [-0.39, 0.29) is 0 Å². The van der Waals surface area contributed by atoms with Gasteiger partial charge < -0.3 is 10.2 Å². The van der Waals surface area contributed by atoms with Crippen LogP contribution in [0.2, 0.25) is 0 Å². The van der Waals surface area contributed by atoms with Gasteiger partial charge in [-0.05, 0) is 23.8 Å². The lowest BCUT2D eigenvalue weighted by molar-refractivity contribution is 0.588. The van der Waals surface area contributed by atoms with E-state index in [9.17, 15) is 0 Å². The van der Waals surface area contributed by atoms with Crippen LogP contribution in [-0.4, -0.2) is 22.9 Å². The monoisotopic (exact) mass is 350 g/mol. The molecule has 0 unspecified atom stereocenters. The first-order valence-electron chi connectivity index (χ1n) is 7.16. The van der Waals surface area contributed by atoms with Crippen LogP contribution in [0.3, 0.4) is 0 Å². The summed E-state index contributed by atoms with van der Waals surface area (Å²) in [5.74, 6) is 0. The molecule has 1 N–H and O–H groups in total. The fraction of sp³-hybridized carbons (Fsp3) is 0.438. The molecule has 0 aliphatic carbocycles. The lowest BCUT2D eigenvalue weighted by Gasteiger charge is -2.23. The molecule has 114 valence electrons. The Balaban J connectivity index is 2.16. The van der Waals surface area contributed by atoms with Gasteiger partial charge in [0, 0.05) is 55.1 Å². The smallest absolute Gasteiger partial charge is 0.0539 e. The Labute approximate surface area is 135 Å². The van der Waals surface area contributed by atoms with Crippen LogP contribution < -0.4 is 10.2 Å². The molecule has 5 heteroatoms. The largest absolute Gasteiger partial charge is 0.370 e. The molecular formula is C16H23BrN4. The molecule has 1 heterocycles. The van der Waals surface area contributed by atoms with E-state index in [1.54, 1.807) is 0 Å². The fourth-order valence-electron chi connectivity index (χ4n) is 2.29. The first-order chi connectivity index (χ1) is 9.95. The zero-order valence-electron chi connectivity index (χ0n) is 13.1. The molecule has 0 saturated carbocycles. The molecule has 21 heavy (non-hydrogen) atoms. The fourth-order valence-corrected chi connectivity index (χ4v) is 2.70. The number of nitrogens with zero attached hydrogens (tertiary/aromatic N) is 3. The molecule has 0 spiro atoms. The van der Waals surface area contributed by atoms with Gasteiger partial charge in [-0.15, -0.1) is 0 Å². The van der Waals surface area contributed by atoms with Gasteiger partial charge in [0.2, 0.25) is 0 Å². The van der Waals surface area contributed by atoms with E-state index in [1.165, 1.54) is 16.8 Å². The Morgan fingerprint density at radius 3 is 2.76 bits per heavy atom. The molecule has 0 saturated heterocycles. The van der Waals surface area contributed by atoms with Crippen molar-refractivity contribution in [1.29, 1.82) is 0 Å². The van der Waals surface area contributed by atoms with Gasteiger partial charge in [-0.25, -0.2) is 0 Å². The van der Waals surface area contributed by atoms with Crippen molar-refractivity contribution in [2.75, 3.05) is 11.9 Å². The summed E-state index contributed by atoms with van der Waals surface area (Å²) in [6, 6.07) is 6.91. The summed E-state index contributed by atoms with van der Waals surface area (Å²) in [7, 11) is 4.07. The van der Waals surface area contributed by atoms with Crippen LogP contribution in [0.5, 0.6) is 0 Å². The van der Waals surface area contributed by atoms with Crippen LogP contribution in [0, 0.1) is 0 Å². The number of aromatic nitrogens is 2. The highest BCUT2D eigenvalue weighted by atomic mass is 79.9. The predicted molar refractivity (Wildman–Crippen MR) is 91.4 cm³/mol. The van der Waals surface area contributed by atoms with Crippen LogP contribution in [0.15, 0.2) is 35.1 Å². The van der Waals surface area contributed by atoms with Crippen molar-refractivity contribution < 1.29 is 0 Å². The predicted octanol–water partition coefficient (Wildman–Crippen LogP) is 3.32. The molecule has 0 fully saturated rings. The van der Waals surface area contributed by atoms with Gasteiger partial charge in [-0.2, -0.15) is 5.10 Å². The zero-order valence-corrected chi connectivity index (χ0v) is 14.7. The average Bonchev–Trinajstić information content (AvgIpc) is 2.81. The number of benzene rings is 1. The van der Waals surface area contributed by atoms with Crippen molar-refractivity contribution in [1.82, 2.24) is 15.1 Å². The maximum absolute atomic E-state index is 4.23. The summed E-state index contributed by atoms with van der Waals surface area (Å²) in [5.41, 5.74) is 3.75. The summed E-state index contributed by atoms with van der Waals surface area (Å²) in [6.45, 7) is 6.04. The summed E-state index contributed by atoms with van der Waals surface area (Å²) in [5, 5.41) is 7.72. The third-order valence-electron chi connectivity index (χ3n) is 3.33. The van der Waals surface area contributed by atoms with Crippen molar-refractivity contribution in [2.45, 2.75) is 33.0 Å². The number of anilines is 1. The van der Waals surface area contributed by atoms with Crippen LogP contribution >= 0.6 is 15.9 Å². The van der Waals surface area contributed by atoms with Crippen molar-refractivity contribution in [3.8, 4) is 0 Å². The number of halogens is 1. The Kier molecular flexibility index (Phi) is 5.42. The van der Waals surface area contributed by atoms with Crippen molar-refractivity contribution >= 4 is 21.6 Å². The third-order valence-corrected chi connectivity index (χ3v) is 3.82. The van der Waals surface area contributed by atoms with Gasteiger partial charge in [-0.1, -0.05) is 29.8 Å². The van der Waals surface area contributed by atoms with E-state index in [4.69, 9.17) is 0 Å². The summed E-state index contributed by atoms with van der Waals surface area (Å²) >= 11 is 3.56. The third kappa shape index (κ3) is 4.58. The van der Waals surface area contributed by atoms with E-state index in [1.807, 2.05) is 17.9 Å². The van der Waals surface area contributed by atoms with Crippen LogP contribution in [0.1, 0.15) is 25.0 Å². The second-order valence-electron chi connectivity index (χ2n) is 5.69. The minimum absolute atomic E-state index is 0.473. The molecule has 0 atom stereocenters. The Morgan fingerprint density at radius 2 is 2.14 bits per heavy atom. The molecule has 0 aliphatic rings. The van der Waals surface area contributed by atoms with Gasteiger partial charge >= 0.3 is 0 Å². The quantitative estimate of drug-likeness (QED) is 0.867. The first kappa shape index (κ1) is 16.0. The molecule has 0 amide bonds. The number of hydrogen-bond donors (Lipinski definition) is 1. The van der Waals surface area contributed by atoms with E-state index in [0.717, 1.165) is 17.6 Å². The van der Waals surface area contributed by atoms with Crippen molar-refractivity contribution in [2.24, 2.45) is 7.05 Å². The normalized spacial score (nSPS) is 11.1. The Hall–Kier alpha value is -1.33. The number of aryl methyl sites for hydroxylation is 1. The maximum Gasteiger partial charge on any atom is 0.0539 e. The van der Waals surface area contributed by atoms with Crippen molar-refractivity contribution in [3.05, 3.63) is 46.2 Å². The minimum Gasteiger partial charge on any atom is -0.370 e. The van der Waals surface area contributed by atoms with Gasteiger partial charge in [-0.3, -0.25) is 4.68 Å². The summed E-state index contributed by atoms with van der Waals surface area (Å²) < 4.78 is 2.95. The number of nitrogens with one attached hydrogen (secondary N) is 1. The zero-order chi connectivity index (χ0) is 15.4. The first-order valence-corrected chi connectivity index (χ1v) is 7.95.